The van der Waals surface area contributed by atoms with Crippen molar-refractivity contribution in [2.75, 3.05) is 11.9 Å². The van der Waals surface area contributed by atoms with Crippen LogP contribution in [0.4, 0.5) is 18.9 Å². The summed E-state index contributed by atoms with van der Waals surface area (Å²) in [5, 5.41) is 5.32. The molecule has 1 aliphatic heterocycles. The molecule has 0 bridgehead atoms. The molecule has 2 aromatic rings. The minimum Gasteiger partial charge on any atom is -0.463 e. The smallest absolute Gasteiger partial charge is 0.431 e. The van der Waals surface area contributed by atoms with Crippen molar-refractivity contribution in [1.29, 1.82) is 0 Å². The van der Waals surface area contributed by atoms with Gasteiger partial charge in [-0.25, -0.2) is 9.79 Å². The van der Waals surface area contributed by atoms with Gasteiger partial charge in [-0.15, -0.1) is 0 Å². The van der Waals surface area contributed by atoms with Gasteiger partial charge in [-0.1, -0.05) is 41.9 Å². The van der Waals surface area contributed by atoms with Gasteiger partial charge in [0.15, 0.2) is 0 Å². The van der Waals surface area contributed by atoms with E-state index in [9.17, 15) is 18.0 Å². The maximum absolute atomic E-state index is 13.8. The summed E-state index contributed by atoms with van der Waals surface area (Å²) in [5.74, 6) is -1.25. The lowest BCUT2D eigenvalue weighted by Gasteiger charge is -2.28. The standard InChI is InChI=1S/C20H17ClF3N3O2/c1-2-29-18(28)15-16(12-7-6-8-13(21)11-12)26-19(27-17(15)20(22,23)24)25-14-9-4-3-5-10-14/h3-11,16H,2H2,1H3,(H2,25,26,27). The molecule has 1 atom stereocenters. The molecule has 1 heterocycles. The number of guanidine groups is 1. The fourth-order valence-corrected chi connectivity index (χ4v) is 3.03. The zero-order valence-electron chi connectivity index (χ0n) is 15.3. The number of hydrogen-bond donors (Lipinski definition) is 2. The summed E-state index contributed by atoms with van der Waals surface area (Å²) in [6.07, 6.45) is -4.83. The van der Waals surface area contributed by atoms with Gasteiger partial charge >= 0.3 is 12.1 Å². The number of aliphatic imine (C=N–C) groups is 1. The maximum Gasteiger partial charge on any atom is 0.431 e. The summed E-state index contributed by atoms with van der Waals surface area (Å²) in [4.78, 5) is 16.8. The van der Waals surface area contributed by atoms with Crippen LogP contribution in [-0.2, 0) is 9.53 Å². The number of anilines is 1. The van der Waals surface area contributed by atoms with Crippen molar-refractivity contribution < 1.29 is 22.7 Å². The van der Waals surface area contributed by atoms with E-state index in [4.69, 9.17) is 16.3 Å². The first-order chi connectivity index (χ1) is 13.8. The third-order valence-corrected chi connectivity index (χ3v) is 4.26. The monoisotopic (exact) mass is 423 g/mol. The molecule has 0 fully saturated rings. The van der Waals surface area contributed by atoms with Gasteiger partial charge in [0, 0.05) is 10.7 Å². The second kappa shape index (κ2) is 8.57. The molecular formula is C20H17ClF3N3O2. The number of nitrogens with one attached hydrogen (secondary N) is 2. The molecule has 1 unspecified atom stereocenters. The quantitative estimate of drug-likeness (QED) is 0.691. The first kappa shape index (κ1) is 20.7. The Labute approximate surface area is 170 Å². The summed E-state index contributed by atoms with van der Waals surface area (Å²) < 4.78 is 46.4. The number of ether oxygens (including phenoxy) is 1. The van der Waals surface area contributed by atoms with E-state index in [1.165, 1.54) is 13.0 Å². The summed E-state index contributed by atoms with van der Waals surface area (Å²) in [5.41, 5.74) is -0.990. The molecule has 1 aliphatic rings. The Morgan fingerprint density at radius 1 is 1.21 bits per heavy atom. The molecule has 3 rings (SSSR count). The number of esters is 1. The van der Waals surface area contributed by atoms with Crippen LogP contribution in [-0.4, -0.2) is 24.7 Å². The first-order valence-electron chi connectivity index (χ1n) is 8.70. The molecule has 2 N–H and O–H groups in total. The number of rotatable bonds is 4. The topological polar surface area (TPSA) is 62.7 Å². The largest absolute Gasteiger partial charge is 0.463 e. The van der Waals surface area contributed by atoms with Gasteiger partial charge in [0.25, 0.3) is 0 Å². The van der Waals surface area contributed by atoms with Gasteiger partial charge < -0.3 is 15.4 Å². The third kappa shape index (κ3) is 4.89. The van der Waals surface area contributed by atoms with Gasteiger partial charge in [-0.05, 0) is 36.8 Å². The Morgan fingerprint density at radius 3 is 2.55 bits per heavy atom. The summed E-state index contributed by atoms with van der Waals surface area (Å²) in [6, 6.07) is 13.5. The van der Waals surface area contributed by atoms with E-state index < -0.39 is 29.5 Å². The number of nitrogens with zero attached hydrogens (tertiary/aromatic N) is 1. The molecule has 0 aliphatic carbocycles. The van der Waals surface area contributed by atoms with E-state index >= 15 is 0 Å². The Balaban J connectivity index is 2.12. The van der Waals surface area contributed by atoms with Gasteiger partial charge in [0.2, 0.25) is 5.96 Å². The van der Waals surface area contributed by atoms with Gasteiger partial charge in [-0.2, -0.15) is 13.2 Å². The van der Waals surface area contributed by atoms with Crippen LogP contribution in [0.3, 0.4) is 0 Å². The second-order valence-electron chi connectivity index (χ2n) is 6.06. The minimum atomic E-state index is -4.83. The van der Waals surface area contributed by atoms with E-state index in [0.717, 1.165) is 0 Å². The number of benzene rings is 2. The van der Waals surface area contributed by atoms with Crippen LogP contribution in [0, 0.1) is 0 Å². The first-order valence-corrected chi connectivity index (χ1v) is 9.08. The zero-order chi connectivity index (χ0) is 21.0. The number of hydrogen-bond acceptors (Lipinski definition) is 5. The number of carbonyl (C=O) groups excluding carboxylic acids is 1. The number of para-hydroxylation sites is 1. The number of allylic oxidation sites excluding steroid dienone is 1. The van der Waals surface area contributed by atoms with Crippen molar-refractivity contribution >= 4 is 29.2 Å². The second-order valence-corrected chi connectivity index (χ2v) is 6.49. The Kier molecular flexibility index (Phi) is 6.12. The van der Waals surface area contributed by atoms with Crippen molar-refractivity contribution in [2.45, 2.75) is 19.1 Å². The maximum atomic E-state index is 13.8. The molecule has 29 heavy (non-hydrogen) atoms. The van der Waals surface area contributed by atoms with E-state index in [-0.39, 0.29) is 12.6 Å². The number of halogens is 4. The van der Waals surface area contributed by atoms with Crippen molar-refractivity contribution in [3.63, 3.8) is 0 Å². The van der Waals surface area contributed by atoms with Crippen molar-refractivity contribution in [1.82, 2.24) is 5.32 Å². The molecule has 0 radical (unpaired) electrons. The van der Waals surface area contributed by atoms with Crippen molar-refractivity contribution in [2.24, 2.45) is 4.99 Å². The van der Waals surface area contributed by atoms with Crippen LogP contribution < -0.4 is 10.6 Å². The molecule has 152 valence electrons. The van der Waals surface area contributed by atoms with Crippen LogP contribution in [0.5, 0.6) is 0 Å². The molecule has 0 aromatic heterocycles. The summed E-state index contributed by atoms with van der Waals surface area (Å²) in [6.45, 7) is 1.44. The van der Waals surface area contributed by atoms with E-state index in [2.05, 4.69) is 15.6 Å². The van der Waals surface area contributed by atoms with Gasteiger partial charge in [0.1, 0.15) is 11.7 Å². The number of alkyl halides is 3. The SMILES string of the molecule is CCOC(=O)C1=C(C(F)(F)F)NC(Nc2ccccc2)=NC1c1cccc(Cl)c1. The van der Waals surface area contributed by atoms with Gasteiger partial charge in [-0.3, -0.25) is 0 Å². The van der Waals surface area contributed by atoms with Crippen LogP contribution in [0.15, 0.2) is 70.9 Å². The lowest BCUT2D eigenvalue weighted by Crippen LogP contribution is -2.42. The lowest BCUT2D eigenvalue weighted by molar-refractivity contribution is -0.140. The molecule has 0 saturated heterocycles. The predicted octanol–water partition coefficient (Wildman–Crippen LogP) is 4.83. The predicted molar refractivity (Wildman–Crippen MR) is 105 cm³/mol. The third-order valence-electron chi connectivity index (χ3n) is 4.02. The highest BCUT2D eigenvalue weighted by Crippen LogP contribution is 2.38. The lowest BCUT2D eigenvalue weighted by atomic mass is 9.95. The number of carbonyl (C=O) groups is 1. The highest BCUT2D eigenvalue weighted by molar-refractivity contribution is 6.30. The zero-order valence-corrected chi connectivity index (χ0v) is 16.0. The highest BCUT2D eigenvalue weighted by Gasteiger charge is 2.44. The minimum absolute atomic E-state index is 0.0748. The Hall–Kier alpha value is -3.00. The molecule has 9 heteroatoms. The van der Waals surface area contributed by atoms with E-state index in [1.54, 1.807) is 48.5 Å². The van der Waals surface area contributed by atoms with E-state index in [1.807, 2.05) is 0 Å². The van der Waals surface area contributed by atoms with Crippen molar-refractivity contribution in [3.8, 4) is 0 Å². The molecule has 0 amide bonds. The fourth-order valence-electron chi connectivity index (χ4n) is 2.83. The molecular weight excluding hydrogens is 407 g/mol. The fraction of sp³-hybridized carbons (Fsp3) is 0.200. The average Bonchev–Trinajstić information content (AvgIpc) is 2.67. The summed E-state index contributed by atoms with van der Waals surface area (Å²) >= 11 is 6.01. The molecule has 0 spiro atoms. The van der Waals surface area contributed by atoms with Gasteiger partial charge in [0.05, 0.1) is 12.2 Å². The molecule has 2 aromatic carbocycles. The highest BCUT2D eigenvalue weighted by atomic mass is 35.5. The summed E-state index contributed by atoms with van der Waals surface area (Å²) in [7, 11) is 0. The average molecular weight is 424 g/mol. The normalized spacial score (nSPS) is 16.7. The van der Waals surface area contributed by atoms with Crippen LogP contribution in [0.1, 0.15) is 18.5 Å². The Morgan fingerprint density at radius 2 is 1.93 bits per heavy atom. The Bertz CT molecular complexity index is 959. The molecule has 0 saturated carbocycles. The van der Waals surface area contributed by atoms with Crippen molar-refractivity contribution in [3.05, 3.63) is 76.5 Å². The van der Waals surface area contributed by atoms with Crippen LogP contribution >= 0.6 is 11.6 Å². The van der Waals surface area contributed by atoms with E-state index in [0.29, 0.717) is 16.3 Å². The molecule has 5 nitrogen and oxygen atoms in total. The van der Waals surface area contributed by atoms with Crippen LogP contribution in [0.2, 0.25) is 5.02 Å². The van der Waals surface area contributed by atoms with Crippen LogP contribution in [0.25, 0.3) is 0 Å².